The number of amides is 1. The number of anilines is 1. The predicted molar refractivity (Wildman–Crippen MR) is 93.1 cm³/mol. The number of likely N-dealkylation sites (N-methyl/N-ethyl adjacent to an activating group) is 1. The third-order valence-electron chi connectivity index (χ3n) is 4.36. The highest BCUT2D eigenvalue weighted by Gasteiger charge is 2.56. The average Bonchev–Trinajstić information content (AvgIpc) is 2.78. The van der Waals surface area contributed by atoms with Crippen LogP contribution in [-0.4, -0.2) is 32.9 Å². The number of Topliss-reactive ketones (excluding diaryl/α,β-unsaturated/α-hetero) is 1. The van der Waals surface area contributed by atoms with Crippen molar-refractivity contribution >= 4 is 27.5 Å². The summed E-state index contributed by atoms with van der Waals surface area (Å²) in [7, 11) is -2.66. The standard InChI is InChI=1S/C18H17NO5S/c1-13(20)18(12-25(22,23)24-14-8-4-3-5-9-14)15-10-6-7-11-16(15)19(2)17(18)21/h3-11H,12H2,1-2H3. The Labute approximate surface area is 146 Å². The van der Waals surface area contributed by atoms with Gasteiger partial charge in [0.25, 0.3) is 0 Å². The number of para-hydroxylation sites is 2. The van der Waals surface area contributed by atoms with Crippen LogP contribution >= 0.6 is 0 Å². The molecule has 0 bridgehead atoms. The second-order valence-electron chi connectivity index (χ2n) is 5.94. The third kappa shape index (κ3) is 2.80. The van der Waals surface area contributed by atoms with Gasteiger partial charge in [-0.05, 0) is 30.7 Å². The smallest absolute Gasteiger partial charge is 0.311 e. The maximum Gasteiger partial charge on any atom is 0.311 e. The summed E-state index contributed by atoms with van der Waals surface area (Å²) in [4.78, 5) is 26.6. The number of hydrogen-bond donors (Lipinski definition) is 0. The molecule has 130 valence electrons. The van der Waals surface area contributed by atoms with E-state index in [-0.39, 0.29) is 5.75 Å². The summed E-state index contributed by atoms with van der Waals surface area (Å²) in [5.74, 6) is -1.71. The second kappa shape index (κ2) is 6.00. The minimum Gasteiger partial charge on any atom is -0.382 e. The molecule has 6 nitrogen and oxygen atoms in total. The van der Waals surface area contributed by atoms with Crippen LogP contribution in [0.4, 0.5) is 5.69 Å². The maximum atomic E-state index is 12.8. The molecule has 1 amide bonds. The summed E-state index contributed by atoms with van der Waals surface area (Å²) < 4.78 is 30.3. The number of carbonyl (C=O) groups excluding carboxylic acids is 2. The molecule has 1 heterocycles. The first-order chi connectivity index (χ1) is 11.8. The molecule has 1 unspecified atom stereocenters. The van der Waals surface area contributed by atoms with E-state index < -0.39 is 33.0 Å². The lowest BCUT2D eigenvalue weighted by atomic mass is 9.80. The summed E-state index contributed by atoms with van der Waals surface area (Å²) >= 11 is 0. The first-order valence-electron chi connectivity index (χ1n) is 7.64. The Kier molecular flexibility index (Phi) is 4.12. The van der Waals surface area contributed by atoms with Crippen LogP contribution in [0.25, 0.3) is 0 Å². The minimum absolute atomic E-state index is 0.133. The fraction of sp³-hybridized carbons (Fsp3) is 0.222. The fourth-order valence-electron chi connectivity index (χ4n) is 3.14. The molecular weight excluding hydrogens is 342 g/mol. The SMILES string of the molecule is CC(=O)C1(CS(=O)(=O)Oc2ccccc2)C(=O)N(C)c2ccccc21. The van der Waals surface area contributed by atoms with Gasteiger partial charge in [0.1, 0.15) is 11.5 Å². The van der Waals surface area contributed by atoms with E-state index in [1.165, 1.54) is 31.0 Å². The molecule has 0 radical (unpaired) electrons. The fourth-order valence-corrected chi connectivity index (χ4v) is 4.61. The van der Waals surface area contributed by atoms with Gasteiger partial charge < -0.3 is 9.08 Å². The van der Waals surface area contributed by atoms with Crippen LogP contribution in [0.5, 0.6) is 5.75 Å². The van der Waals surface area contributed by atoms with Crippen molar-refractivity contribution in [3.63, 3.8) is 0 Å². The summed E-state index contributed by atoms with van der Waals surface area (Å²) in [6, 6.07) is 14.7. The zero-order chi connectivity index (χ0) is 18.2. The van der Waals surface area contributed by atoms with Gasteiger partial charge in [-0.1, -0.05) is 36.4 Å². The zero-order valence-corrected chi connectivity index (χ0v) is 14.6. The molecule has 3 rings (SSSR count). The van der Waals surface area contributed by atoms with Gasteiger partial charge in [0.2, 0.25) is 5.91 Å². The van der Waals surface area contributed by atoms with Crippen LogP contribution in [-0.2, 0) is 25.1 Å². The molecule has 7 heteroatoms. The van der Waals surface area contributed by atoms with Crippen molar-refractivity contribution in [2.45, 2.75) is 12.3 Å². The topological polar surface area (TPSA) is 80.7 Å². The lowest BCUT2D eigenvalue weighted by Gasteiger charge is -2.24. The van der Waals surface area contributed by atoms with E-state index in [4.69, 9.17) is 4.18 Å². The monoisotopic (exact) mass is 359 g/mol. The summed E-state index contributed by atoms with van der Waals surface area (Å²) in [6.07, 6.45) is 0. The van der Waals surface area contributed by atoms with Crippen LogP contribution in [0.3, 0.4) is 0 Å². The molecule has 0 spiro atoms. The molecule has 2 aromatic rings. The highest BCUT2D eigenvalue weighted by atomic mass is 32.2. The molecular formula is C18H17NO5S. The number of fused-ring (bicyclic) bond motifs is 1. The van der Waals surface area contributed by atoms with Gasteiger partial charge in [-0.25, -0.2) is 0 Å². The number of benzene rings is 2. The van der Waals surface area contributed by atoms with E-state index >= 15 is 0 Å². The maximum absolute atomic E-state index is 12.8. The molecule has 2 aromatic carbocycles. The Bertz CT molecular complexity index is 939. The van der Waals surface area contributed by atoms with Gasteiger partial charge in [0, 0.05) is 12.7 Å². The predicted octanol–water partition coefficient (Wildman–Crippen LogP) is 1.90. The molecule has 0 N–H and O–H groups in total. The first-order valence-corrected chi connectivity index (χ1v) is 9.21. The molecule has 1 atom stereocenters. The van der Waals surface area contributed by atoms with Crippen molar-refractivity contribution in [1.82, 2.24) is 0 Å². The van der Waals surface area contributed by atoms with Crippen LogP contribution in [0.15, 0.2) is 54.6 Å². The van der Waals surface area contributed by atoms with Crippen LogP contribution in [0, 0.1) is 0 Å². The van der Waals surface area contributed by atoms with Gasteiger partial charge in [0.05, 0.1) is 0 Å². The molecule has 0 fully saturated rings. The molecule has 1 aliphatic heterocycles. The van der Waals surface area contributed by atoms with Crippen LogP contribution < -0.4 is 9.08 Å². The van der Waals surface area contributed by atoms with E-state index in [0.717, 1.165) is 0 Å². The lowest BCUT2D eigenvalue weighted by Crippen LogP contribution is -2.49. The van der Waals surface area contributed by atoms with E-state index in [0.29, 0.717) is 11.3 Å². The van der Waals surface area contributed by atoms with Crippen molar-refractivity contribution in [2.75, 3.05) is 17.7 Å². The Balaban J connectivity index is 2.06. The Hall–Kier alpha value is -2.67. The second-order valence-corrected chi connectivity index (χ2v) is 7.51. The van der Waals surface area contributed by atoms with Crippen molar-refractivity contribution in [3.05, 3.63) is 60.2 Å². The van der Waals surface area contributed by atoms with E-state index in [2.05, 4.69) is 0 Å². The quantitative estimate of drug-likeness (QED) is 0.602. The van der Waals surface area contributed by atoms with Crippen molar-refractivity contribution in [2.24, 2.45) is 0 Å². The normalized spacial score (nSPS) is 19.6. The Morgan fingerprint density at radius 3 is 2.32 bits per heavy atom. The zero-order valence-electron chi connectivity index (χ0n) is 13.8. The van der Waals surface area contributed by atoms with Crippen molar-refractivity contribution in [3.8, 4) is 5.75 Å². The molecule has 25 heavy (non-hydrogen) atoms. The Morgan fingerprint density at radius 1 is 1.08 bits per heavy atom. The number of hydrogen-bond acceptors (Lipinski definition) is 5. The first kappa shape index (κ1) is 17.2. The molecule has 0 aliphatic carbocycles. The van der Waals surface area contributed by atoms with Crippen LogP contribution in [0.1, 0.15) is 12.5 Å². The van der Waals surface area contributed by atoms with Crippen molar-refractivity contribution in [1.29, 1.82) is 0 Å². The number of rotatable bonds is 5. The minimum atomic E-state index is -4.19. The third-order valence-corrected chi connectivity index (χ3v) is 5.59. The molecule has 0 saturated heterocycles. The van der Waals surface area contributed by atoms with E-state index in [1.807, 2.05) is 0 Å². The summed E-state index contributed by atoms with van der Waals surface area (Å²) in [5, 5.41) is 0. The highest BCUT2D eigenvalue weighted by Crippen LogP contribution is 2.42. The number of carbonyl (C=O) groups is 2. The molecule has 1 aliphatic rings. The van der Waals surface area contributed by atoms with Crippen molar-refractivity contribution < 1.29 is 22.2 Å². The highest BCUT2D eigenvalue weighted by molar-refractivity contribution is 7.87. The number of ketones is 1. The molecule has 0 aromatic heterocycles. The number of nitrogens with zero attached hydrogens (tertiary/aromatic N) is 1. The van der Waals surface area contributed by atoms with Gasteiger partial charge in [-0.15, -0.1) is 0 Å². The Morgan fingerprint density at radius 2 is 1.68 bits per heavy atom. The van der Waals surface area contributed by atoms with E-state index in [9.17, 15) is 18.0 Å². The van der Waals surface area contributed by atoms with Gasteiger partial charge in [-0.2, -0.15) is 8.42 Å². The summed E-state index contributed by atoms with van der Waals surface area (Å²) in [6.45, 7) is 1.23. The molecule has 0 saturated carbocycles. The largest absolute Gasteiger partial charge is 0.382 e. The van der Waals surface area contributed by atoms with Gasteiger partial charge in [-0.3, -0.25) is 9.59 Å². The summed E-state index contributed by atoms with van der Waals surface area (Å²) in [5.41, 5.74) is -0.883. The average molecular weight is 359 g/mol. The van der Waals surface area contributed by atoms with E-state index in [1.54, 1.807) is 42.5 Å². The van der Waals surface area contributed by atoms with Crippen LogP contribution in [0.2, 0.25) is 0 Å². The lowest BCUT2D eigenvalue weighted by molar-refractivity contribution is -0.131. The van der Waals surface area contributed by atoms with Gasteiger partial charge in [0.15, 0.2) is 11.2 Å². The van der Waals surface area contributed by atoms with Gasteiger partial charge >= 0.3 is 10.1 Å².